The minimum atomic E-state index is -4.12. The zero-order valence-electron chi connectivity index (χ0n) is 26.7. The van der Waals surface area contributed by atoms with E-state index in [0.717, 1.165) is 5.41 Å². The maximum Gasteiger partial charge on any atom is 0.292 e. The smallest absolute Gasteiger partial charge is 0.292 e. The molecule has 1 fully saturated rings. The van der Waals surface area contributed by atoms with Gasteiger partial charge in [0.05, 0.1) is 23.9 Å². The maximum absolute atomic E-state index is 12.9. The Morgan fingerprint density at radius 1 is 1.05 bits per heavy atom. The van der Waals surface area contributed by atoms with E-state index in [-0.39, 0.29) is 22.4 Å². The van der Waals surface area contributed by atoms with Gasteiger partial charge in [-0.3, -0.25) is 0 Å². The van der Waals surface area contributed by atoms with Gasteiger partial charge in [0.15, 0.2) is 28.5 Å². The summed E-state index contributed by atoms with van der Waals surface area (Å²) in [6, 6.07) is 0. The highest BCUT2D eigenvalue weighted by Crippen LogP contribution is 2.52. The molecular formula is C26H50N4O8SSi2. The molecule has 4 atom stereocenters. The van der Waals surface area contributed by atoms with E-state index in [9.17, 15) is 8.42 Å². The van der Waals surface area contributed by atoms with Gasteiger partial charge in [-0.25, -0.2) is 8.86 Å². The molecule has 15 heteroatoms. The summed E-state index contributed by atoms with van der Waals surface area (Å²) in [5, 5.41) is 9.28. The lowest BCUT2D eigenvalue weighted by atomic mass is 9.89. The molecule has 2 aliphatic rings. The molecule has 12 nitrogen and oxygen atoms in total. The quantitative estimate of drug-likeness (QED) is 0.208. The van der Waals surface area contributed by atoms with Crippen molar-refractivity contribution in [2.45, 2.75) is 122 Å². The molecule has 3 heterocycles. The van der Waals surface area contributed by atoms with Crippen molar-refractivity contribution in [2.24, 2.45) is 5.73 Å². The van der Waals surface area contributed by atoms with Crippen LogP contribution >= 0.6 is 0 Å². The van der Waals surface area contributed by atoms with Crippen LogP contribution in [0.25, 0.3) is 0 Å². The Labute approximate surface area is 247 Å². The molecule has 2 aliphatic heterocycles. The second-order valence-electron chi connectivity index (χ2n) is 13.7. The largest absolute Gasteiger partial charge is 0.414 e. The zero-order valence-corrected chi connectivity index (χ0v) is 29.5. The predicted molar refractivity (Wildman–Crippen MR) is 160 cm³/mol. The molecule has 0 aromatic carbocycles. The van der Waals surface area contributed by atoms with E-state index >= 15 is 0 Å². The van der Waals surface area contributed by atoms with Gasteiger partial charge in [0.25, 0.3) is 10.1 Å². The van der Waals surface area contributed by atoms with Gasteiger partial charge < -0.3 is 28.8 Å². The third-order valence-electron chi connectivity index (χ3n) is 8.74. The highest BCUT2D eigenvalue weighted by atomic mass is 32.2. The lowest BCUT2D eigenvalue weighted by Gasteiger charge is -2.43. The number of aromatic nitrogens is 3. The standard InChI is InChI=1S/C26H50N4O8SSi2/c1-13-33-23(34-14-2)18-15-30(29-28-18)22-21(37-41(11,12)25(6,7)8)26(19(27)17-39(31,32)38-26)20(36-22)16-35-40(9,10)24(3,4)5/h15,17,20-23H,13-14,16,27H2,1-12H3/t20-,21+,22-,26?/m1/s1. The van der Waals surface area contributed by atoms with E-state index in [4.69, 9.17) is 33.0 Å². The Morgan fingerprint density at radius 2 is 1.61 bits per heavy atom. The minimum absolute atomic E-state index is 0.00869. The summed E-state index contributed by atoms with van der Waals surface area (Å²) in [6.07, 6.45) is -1.87. The van der Waals surface area contributed by atoms with Gasteiger partial charge in [-0.15, -0.1) is 5.10 Å². The van der Waals surface area contributed by atoms with E-state index in [1.807, 2.05) is 13.8 Å². The second-order valence-corrected chi connectivity index (χ2v) is 24.6. The molecule has 3 rings (SSSR count). The van der Waals surface area contributed by atoms with E-state index < -0.39 is 57.1 Å². The van der Waals surface area contributed by atoms with Crippen LogP contribution in [-0.4, -0.2) is 77.7 Å². The monoisotopic (exact) mass is 634 g/mol. The summed E-state index contributed by atoms with van der Waals surface area (Å²) >= 11 is 0. The van der Waals surface area contributed by atoms with Crippen LogP contribution in [0.15, 0.2) is 17.3 Å². The molecule has 1 spiro atoms. The molecule has 236 valence electrons. The van der Waals surface area contributed by atoms with E-state index in [1.165, 1.54) is 4.68 Å². The van der Waals surface area contributed by atoms with Gasteiger partial charge in [-0.1, -0.05) is 46.8 Å². The predicted octanol–water partition coefficient (Wildman–Crippen LogP) is 4.56. The molecule has 0 bridgehead atoms. The molecule has 1 saturated heterocycles. The summed E-state index contributed by atoms with van der Waals surface area (Å²) in [5.74, 6) is 0. The second kappa shape index (κ2) is 11.7. The summed E-state index contributed by atoms with van der Waals surface area (Å²) in [4.78, 5) is 0. The van der Waals surface area contributed by atoms with Crippen molar-refractivity contribution in [1.29, 1.82) is 0 Å². The van der Waals surface area contributed by atoms with E-state index in [1.54, 1.807) is 6.20 Å². The Morgan fingerprint density at radius 3 is 2.07 bits per heavy atom. The molecule has 0 saturated carbocycles. The molecule has 0 aliphatic carbocycles. The summed E-state index contributed by atoms with van der Waals surface area (Å²) in [7, 11) is -8.94. The zero-order chi connectivity index (χ0) is 31.2. The summed E-state index contributed by atoms with van der Waals surface area (Å²) in [6.45, 7) is 25.7. The van der Waals surface area contributed by atoms with Gasteiger partial charge in [0.1, 0.15) is 17.9 Å². The first kappa shape index (κ1) is 34.3. The van der Waals surface area contributed by atoms with Crippen molar-refractivity contribution in [3.8, 4) is 0 Å². The first-order valence-electron chi connectivity index (χ1n) is 14.2. The minimum Gasteiger partial charge on any atom is -0.414 e. The number of nitrogens with two attached hydrogens (primary N) is 1. The molecular weight excluding hydrogens is 585 g/mol. The third-order valence-corrected chi connectivity index (χ3v) is 18.7. The fraction of sp³-hybridized carbons (Fsp3) is 0.846. The SMILES string of the molecule is CCOC(OCC)c1cn([C@@H]2O[C@H](CO[Si](C)(C)C(C)(C)C)C3(OS(=O)(=O)C=C3N)[C@H]2O[Si](C)(C)C(C)(C)C)nn1. The van der Waals surface area contributed by atoms with Crippen molar-refractivity contribution in [2.75, 3.05) is 19.8 Å². The summed E-state index contributed by atoms with van der Waals surface area (Å²) in [5.41, 5.74) is 5.34. The number of ether oxygens (including phenoxy) is 3. The van der Waals surface area contributed by atoms with Crippen LogP contribution in [0, 0.1) is 0 Å². The van der Waals surface area contributed by atoms with Crippen LogP contribution in [0.3, 0.4) is 0 Å². The van der Waals surface area contributed by atoms with Gasteiger partial charge in [-0.05, 0) is 50.1 Å². The van der Waals surface area contributed by atoms with Crippen molar-refractivity contribution in [3.63, 3.8) is 0 Å². The number of rotatable bonds is 11. The van der Waals surface area contributed by atoms with Gasteiger partial charge in [-0.2, -0.15) is 8.42 Å². The molecule has 41 heavy (non-hydrogen) atoms. The molecule has 1 unspecified atom stereocenters. The average Bonchev–Trinajstić information content (AvgIpc) is 3.46. The highest BCUT2D eigenvalue weighted by molar-refractivity contribution is 7.90. The maximum atomic E-state index is 12.9. The normalized spacial score (nSPS) is 27.2. The van der Waals surface area contributed by atoms with Crippen LogP contribution in [0.5, 0.6) is 0 Å². The number of nitrogens with zero attached hydrogens (tertiary/aromatic N) is 3. The lowest BCUT2D eigenvalue weighted by molar-refractivity contribution is -0.142. The van der Waals surface area contributed by atoms with Crippen LogP contribution in [0.2, 0.25) is 36.3 Å². The molecule has 0 radical (unpaired) electrons. The number of hydrogen-bond donors (Lipinski definition) is 1. The van der Waals surface area contributed by atoms with Crippen LogP contribution in [0.4, 0.5) is 0 Å². The van der Waals surface area contributed by atoms with Crippen molar-refractivity contribution >= 4 is 26.8 Å². The van der Waals surface area contributed by atoms with Gasteiger partial charge in [0.2, 0.25) is 6.29 Å². The van der Waals surface area contributed by atoms with Crippen molar-refractivity contribution < 1.29 is 35.7 Å². The number of hydrogen-bond acceptors (Lipinski definition) is 11. The Balaban J connectivity index is 2.15. The molecule has 1 aromatic heterocycles. The first-order valence-corrected chi connectivity index (χ1v) is 21.5. The van der Waals surface area contributed by atoms with Crippen LogP contribution in [-0.2, 0) is 37.4 Å². The molecule has 0 amide bonds. The molecule has 1 aromatic rings. The first-order chi connectivity index (χ1) is 18.6. The Bertz CT molecular complexity index is 1200. The van der Waals surface area contributed by atoms with E-state index in [0.29, 0.717) is 18.9 Å². The lowest BCUT2D eigenvalue weighted by Crippen LogP contribution is -2.59. The van der Waals surface area contributed by atoms with Gasteiger partial charge >= 0.3 is 0 Å². The van der Waals surface area contributed by atoms with E-state index in [2.05, 4.69) is 78.0 Å². The fourth-order valence-corrected chi connectivity index (χ4v) is 7.76. The van der Waals surface area contributed by atoms with Crippen LogP contribution in [0.1, 0.15) is 73.6 Å². The summed E-state index contributed by atoms with van der Waals surface area (Å²) < 4.78 is 64.7. The molecule has 2 N–H and O–H groups in total. The Kier molecular flexibility index (Phi) is 9.81. The average molecular weight is 635 g/mol. The Hall–Kier alpha value is -1.18. The third kappa shape index (κ3) is 6.83. The highest BCUT2D eigenvalue weighted by Gasteiger charge is 2.67. The topological polar surface area (TPSA) is 146 Å². The van der Waals surface area contributed by atoms with Gasteiger partial charge in [0, 0.05) is 13.2 Å². The van der Waals surface area contributed by atoms with Crippen molar-refractivity contribution in [3.05, 3.63) is 23.0 Å². The van der Waals surface area contributed by atoms with Crippen LogP contribution < -0.4 is 5.73 Å². The fourth-order valence-electron chi connectivity index (χ4n) is 4.25. The van der Waals surface area contributed by atoms with Crippen molar-refractivity contribution in [1.82, 2.24) is 15.0 Å².